The second-order valence-electron chi connectivity index (χ2n) is 7.29. The van der Waals surface area contributed by atoms with Gasteiger partial charge in [-0.15, -0.1) is 0 Å². The van der Waals surface area contributed by atoms with Gasteiger partial charge in [-0.25, -0.2) is 4.99 Å². The maximum Gasteiger partial charge on any atom is 0.293 e. The third-order valence-electron chi connectivity index (χ3n) is 4.36. The van der Waals surface area contributed by atoms with Crippen LogP contribution >= 0.6 is 0 Å². The summed E-state index contributed by atoms with van der Waals surface area (Å²) in [5, 5.41) is 0. The van der Waals surface area contributed by atoms with Crippen molar-refractivity contribution in [3.63, 3.8) is 0 Å². The number of amides is 1. The average Bonchev–Trinajstić information content (AvgIpc) is 2.72. The van der Waals surface area contributed by atoms with Gasteiger partial charge in [0, 0.05) is 17.2 Å². The van der Waals surface area contributed by atoms with E-state index in [1.54, 1.807) is 6.20 Å². The van der Waals surface area contributed by atoms with Crippen LogP contribution in [0.25, 0.3) is 0 Å². The minimum Gasteiger partial charge on any atom is -0.379 e. The molecule has 0 saturated carbocycles. The molecule has 1 aliphatic heterocycles. The van der Waals surface area contributed by atoms with Crippen LogP contribution in [-0.2, 0) is 9.59 Å². The van der Waals surface area contributed by atoms with E-state index >= 15 is 0 Å². The number of hydrogen-bond donors (Lipinski definition) is 1. The maximum atomic E-state index is 12.8. The number of nitrogens with zero attached hydrogens (tertiary/aromatic N) is 3. The molecular formula is C20H22N4O2. The van der Waals surface area contributed by atoms with Crippen LogP contribution in [0, 0.1) is 5.41 Å². The third-order valence-corrected chi connectivity index (χ3v) is 4.36. The van der Waals surface area contributed by atoms with Gasteiger partial charge in [0.15, 0.2) is 11.6 Å². The first-order chi connectivity index (χ1) is 12.3. The molecule has 2 heterocycles. The molecule has 0 fully saturated rings. The monoisotopic (exact) mass is 350 g/mol. The van der Waals surface area contributed by atoms with E-state index in [1.165, 1.54) is 4.90 Å². The Morgan fingerprint density at radius 1 is 1.15 bits per heavy atom. The molecule has 0 radical (unpaired) electrons. The average molecular weight is 350 g/mol. The predicted octanol–water partition coefficient (Wildman–Crippen LogP) is 2.49. The summed E-state index contributed by atoms with van der Waals surface area (Å²) in [5.74, 6) is -0.642. The standard InChI is InChI=1S/C20H22N4O2/c1-20(2,3)16(25)12-24-15-10-5-4-8-13(15)17(23-18(21)19(24)26)14-9-6-7-11-22-14/h4-11,17H,12H2,1-3H3,(H2,21,23). The molecule has 1 amide bonds. The molecule has 134 valence electrons. The highest BCUT2D eigenvalue weighted by molar-refractivity contribution is 6.43. The van der Waals surface area contributed by atoms with Crippen molar-refractivity contribution in [1.29, 1.82) is 0 Å². The zero-order valence-electron chi connectivity index (χ0n) is 15.1. The molecule has 0 spiro atoms. The number of hydrogen-bond acceptors (Lipinski definition) is 5. The molecule has 1 atom stereocenters. The lowest BCUT2D eigenvalue weighted by molar-refractivity contribution is -0.126. The molecule has 2 aromatic rings. The molecule has 1 aromatic carbocycles. The van der Waals surface area contributed by atoms with Crippen molar-refractivity contribution in [3.8, 4) is 0 Å². The van der Waals surface area contributed by atoms with Gasteiger partial charge >= 0.3 is 0 Å². The van der Waals surface area contributed by atoms with Gasteiger partial charge < -0.3 is 5.73 Å². The molecule has 0 bridgehead atoms. The highest BCUT2D eigenvalue weighted by Crippen LogP contribution is 2.35. The number of aliphatic imine (C=N–C) groups is 1. The van der Waals surface area contributed by atoms with Gasteiger partial charge in [0.2, 0.25) is 0 Å². The molecule has 6 heteroatoms. The van der Waals surface area contributed by atoms with E-state index in [4.69, 9.17) is 5.73 Å². The summed E-state index contributed by atoms with van der Waals surface area (Å²) >= 11 is 0. The Morgan fingerprint density at radius 2 is 1.85 bits per heavy atom. The van der Waals surface area contributed by atoms with Gasteiger partial charge in [-0.3, -0.25) is 19.5 Å². The topological polar surface area (TPSA) is 88.7 Å². The molecule has 1 aliphatic rings. The number of Topliss-reactive ketones (excluding diaryl/α,β-unsaturated/α-hetero) is 1. The van der Waals surface area contributed by atoms with E-state index in [0.717, 1.165) is 5.56 Å². The fourth-order valence-corrected chi connectivity index (χ4v) is 2.78. The number of carbonyl (C=O) groups is 2. The Hall–Kier alpha value is -3.02. The molecule has 6 nitrogen and oxygen atoms in total. The lowest BCUT2D eigenvalue weighted by Gasteiger charge is -2.26. The number of carbonyl (C=O) groups excluding carboxylic acids is 2. The van der Waals surface area contributed by atoms with Crippen LogP contribution in [0.4, 0.5) is 5.69 Å². The van der Waals surface area contributed by atoms with Gasteiger partial charge in [0.25, 0.3) is 5.91 Å². The van der Waals surface area contributed by atoms with Crippen LogP contribution in [0.3, 0.4) is 0 Å². The van der Waals surface area contributed by atoms with E-state index < -0.39 is 17.4 Å². The molecule has 1 unspecified atom stereocenters. The molecule has 26 heavy (non-hydrogen) atoms. The van der Waals surface area contributed by atoms with Gasteiger partial charge in [-0.2, -0.15) is 0 Å². The van der Waals surface area contributed by atoms with Crippen molar-refractivity contribution >= 4 is 23.2 Å². The first-order valence-electron chi connectivity index (χ1n) is 8.47. The number of benzene rings is 1. The Kier molecular flexibility index (Phi) is 4.59. The Bertz CT molecular complexity index is 869. The van der Waals surface area contributed by atoms with E-state index in [1.807, 2.05) is 63.2 Å². The summed E-state index contributed by atoms with van der Waals surface area (Å²) in [6.07, 6.45) is 1.68. The SMILES string of the molecule is CC(C)(C)C(=O)CN1C(=O)C(N)=NC(c2ccccn2)c2ccccc21. The minimum absolute atomic E-state index is 0.0511. The van der Waals surface area contributed by atoms with E-state index in [0.29, 0.717) is 11.4 Å². The smallest absolute Gasteiger partial charge is 0.293 e. The predicted molar refractivity (Wildman–Crippen MR) is 101 cm³/mol. The number of anilines is 1. The Labute approximate surface area is 152 Å². The fourth-order valence-electron chi connectivity index (χ4n) is 2.78. The summed E-state index contributed by atoms with van der Waals surface area (Å²) in [7, 11) is 0. The quantitative estimate of drug-likeness (QED) is 0.921. The number of amidine groups is 1. The largest absolute Gasteiger partial charge is 0.379 e. The minimum atomic E-state index is -0.562. The van der Waals surface area contributed by atoms with E-state index in [9.17, 15) is 9.59 Å². The van der Waals surface area contributed by atoms with Crippen molar-refractivity contribution in [2.45, 2.75) is 26.8 Å². The van der Waals surface area contributed by atoms with Gasteiger partial charge in [0.05, 0.1) is 17.9 Å². The molecule has 1 aromatic heterocycles. The molecule has 0 saturated heterocycles. The van der Waals surface area contributed by atoms with E-state index in [-0.39, 0.29) is 18.2 Å². The van der Waals surface area contributed by atoms with Crippen molar-refractivity contribution in [2.24, 2.45) is 16.1 Å². The van der Waals surface area contributed by atoms with Gasteiger partial charge in [-0.1, -0.05) is 45.0 Å². The van der Waals surface area contributed by atoms with E-state index in [2.05, 4.69) is 9.98 Å². The number of ketones is 1. The molecular weight excluding hydrogens is 328 g/mol. The summed E-state index contributed by atoms with van der Waals surface area (Å²) in [4.78, 5) is 35.6. The van der Waals surface area contributed by atoms with Gasteiger partial charge in [-0.05, 0) is 18.2 Å². The number of para-hydroxylation sites is 1. The fraction of sp³-hybridized carbons (Fsp3) is 0.300. The Balaban J connectivity index is 2.12. The number of pyridine rings is 1. The summed E-state index contributed by atoms with van der Waals surface area (Å²) in [6, 6.07) is 12.4. The van der Waals surface area contributed by atoms with Crippen molar-refractivity contribution in [1.82, 2.24) is 4.98 Å². The normalized spacial score (nSPS) is 17.3. The third kappa shape index (κ3) is 3.35. The van der Waals surface area contributed by atoms with Crippen LogP contribution < -0.4 is 10.6 Å². The number of fused-ring (bicyclic) bond motifs is 1. The zero-order chi connectivity index (χ0) is 18.9. The van der Waals surface area contributed by atoms with Gasteiger partial charge in [0.1, 0.15) is 6.04 Å². The van der Waals surface area contributed by atoms with Crippen molar-refractivity contribution in [2.75, 3.05) is 11.4 Å². The number of aromatic nitrogens is 1. The lowest BCUT2D eigenvalue weighted by Crippen LogP contribution is -2.45. The first-order valence-corrected chi connectivity index (χ1v) is 8.47. The summed E-state index contributed by atoms with van der Waals surface area (Å²) < 4.78 is 0. The molecule has 3 rings (SSSR count). The highest BCUT2D eigenvalue weighted by Gasteiger charge is 2.33. The van der Waals surface area contributed by atoms with Crippen molar-refractivity contribution in [3.05, 3.63) is 59.9 Å². The van der Waals surface area contributed by atoms with Crippen LogP contribution in [0.15, 0.2) is 53.7 Å². The van der Waals surface area contributed by atoms with Crippen LogP contribution in [0.1, 0.15) is 38.1 Å². The summed E-state index contributed by atoms with van der Waals surface area (Å²) in [6.45, 7) is 5.44. The maximum absolute atomic E-state index is 12.8. The Morgan fingerprint density at radius 3 is 2.50 bits per heavy atom. The molecule has 2 N–H and O–H groups in total. The van der Waals surface area contributed by atoms with Crippen LogP contribution in [-0.4, -0.2) is 29.1 Å². The zero-order valence-corrected chi connectivity index (χ0v) is 15.1. The van der Waals surface area contributed by atoms with Crippen LogP contribution in [0.5, 0.6) is 0 Å². The number of nitrogens with two attached hydrogens (primary N) is 1. The first kappa shape index (κ1) is 17.8. The lowest BCUT2D eigenvalue weighted by atomic mass is 9.90. The summed E-state index contributed by atoms with van der Waals surface area (Å²) in [5.41, 5.74) is 7.54. The second-order valence-corrected chi connectivity index (χ2v) is 7.29. The molecule has 0 aliphatic carbocycles. The highest BCUT2D eigenvalue weighted by atomic mass is 16.2. The van der Waals surface area contributed by atoms with Crippen molar-refractivity contribution < 1.29 is 9.59 Å². The van der Waals surface area contributed by atoms with Crippen LogP contribution in [0.2, 0.25) is 0 Å². The number of rotatable bonds is 3. The second kappa shape index (κ2) is 6.71.